The van der Waals surface area contributed by atoms with E-state index in [0.717, 1.165) is 0 Å². The lowest BCUT2D eigenvalue weighted by Gasteiger charge is -2.24. The van der Waals surface area contributed by atoms with Gasteiger partial charge in [-0.2, -0.15) is 0 Å². The van der Waals surface area contributed by atoms with Crippen molar-refractivity contribution in [3.8, 4) is 0 Å². The molecule has 1 heterocycles. The smallest absolute Gasteiger partial charge is 0.269 e. The van der Waals surface area contributed by atoms with Crippen LogP contribution in [0.1, 0.15) is 24.9 Å². The first-order valence-electron chi connectivity index (χ1n) is 6.25. The molecule has 1 amide bonds. The van der Waals surface area contributed by atoms with Gasteiger partial charge in [0, 0.05) is 25.1 Å². The molecule has 1 aliphatic heterocycles. The third kappa shape index (κ3) is 3.19. The Labute approximate surface area is 121 Å². The SMILES string of the molecule is C[C@@H](c1ccc([N+](=O)[O-])cc1)N1CC(S(N)(=O)=O)CC1=O. The normalized spacial score (nSPS) is 20.6. The van der Waals surface area contributed by atoms with Crippen molar-refractivity contribution in [3.63, 3.8) is 0 Å². The summed E-state index contributed by atoms with van der Waals surface area (Å²) in [4.78, 5) is 23.4. The number of hydrogen-bond acceptors (Lipinski definition) is 5. The van der Waals surface area contributed by atoms with E-state index in [-0.39, 0.29) is 30.6 Å². The lowest BCUT2D eigenvalue weighted by molar-refractivity contribution is -0.384. The standard InChI is InChI=1S/C12H15N3O5S/c1-8(9-2-4-10(5-3-9)15(17)18)14-7-11(6-12(14)16)21(13,19)20/h2-5,8,11H,6-7H2,1H3,(H2,13,19,20)/t8-,11?/m0/s1. The first-order chi connectivity index (χ1) is 9.70. The van der Waals surface area contributed by atoms with E-state index in [1.54, 1.807) is 19.1 Å². The summed E-state index contributed by atoms with van der Waals surface area (Å²) >= 11 is 0. The van der Waals surface area contributed by atoms with Crippen LogP contribution in [0, 0.1) is 10.1 Å². The van der Waals surface area contributed by atoms with Gasteiger partial charge >= 0.3 is 0 Å². The van der Waals surface area contributed by atoms with Gasteiger partial charge in [-0.1, -0.05) is 12.1 Å². The Bertz CT molecular complexity index is 671. The minimum absolute atomic E-state index is 0.0375. The second kappa shape index (κ2) is 5.41. The lowest BCUT2D eigenvalue weighted by atomic mass is 10.1. The summed E-state index contributed by atoms with van der Waals surface area (Å²) in [6.45, 7) is 1.78. The Morgan fingerprint density at radius 2 is 1.95 bits per heavy atom. The average molecular weight is 313 g/mol. The minimum Gasteiger partial charge on any atom is -0.335 e. The highest BCUT2D eigenvalue weighted by molar-refractivity contribution is 7.89. The van der Waals surface area contributed by atoms with Crippen molar-refractivity contribution in [1.29, 1.82) is 0 Å². The zero-order valence-electron chi connectivity index (χ0n) is 11.3. The zero-order valence-corrected chi connectivity index (χ0v) is 12.1. The van der Waals surface area contributed by atoms with E-state index < -0.39 is 20.2 Å². The molecule has 0 aliphatic carbocycles. The van der Waals surface area contributed by atoms with Gasteiger partial charge in [-0.15, -0.1) is 0 Å². The van der Waals surface area contributed by atoms with Crippen LogP contribution >= 0.6 is 0 Å². The number of nitro groups is 1. The summed E-state index contributed by atoms with van der Waals surface area (Å²) in [5, 5.41) is 14.8. The number of nitro benzene ring substituents is 1. The molecule has 1 aliphatic rings. The molecule has 0 radical (unpaired) electrons. The van der Waals surface area contributed by atoms with Crippen molar-refractivity contribution in [1.82, 2.24) is 4.90 Å². The maximum absolute atomic E-state index is 11.9. The van der Waals surface area contributed by atoms with Gasteiger partial charge in [-0.3, -0.25) is 14.9 Å². The summed E-state index contributed by atoms with van der Waals surface area (Å²) in [5.74, 6) is -0.292. The highest BCUT2D eigenvalue weighted by Crippen LogP contribution is 2.28. The number of likely N-dealkylation sites (tertiary alicyclic amines) is 1. The monoisotopic (exact) mass is 313 g/mol. The van der Waals surface area contributed by atoms with Crippen LogP contribution in [0.5, 0.6) is 0 Å². The fourth-order valence-corrected chi connectivity index (χ4v) is 3.09. The van der Waals surface area contributed by atoms with E-state index in [4.69, 9.17) is 5.14 Å². The molecule has 2 N–H and O–H groups in total. The molecule has 9 heteroatoms. The van der Waals surface area contributed by atoms with Crippen LogP contribution < -0.4 is 5.14 Å². The number of rotatable bonds is 4. The van der Waals surface area contributed by atoms with Gasteiger partial charge in [0.15, 0.2) is 0 Å². The van der Waals surface area contributed by atoms with E-state index in [1.807, 2.05) is 0 Å². The van der Waals surface area contributed by atoms with Gasteiger partial charge in [0.1, 0.15) is 5.25 Å². The molecule has 1 aromatic rings. The molecule has 1 unspecified atom stereocenters. The number of carbonyl (C=O) groups is 1. The van der Waals surface area contributed by atoms with Gasteiger partial charge < -0.3 is 4.90 Å². The van der Waals surface area contributed by atoms with Crippen molar-refractivity contribution in [2.75, 3.05) is 6.54 Å². The number of nitrogens with zero attached hydrogens (tertiary/aromatic N) is 2. The second-order valence-electron chi connectivity index (χ2n) is 4.99. The average Bonchev–Trinajstić information content (AvgIpc) is 2.80. The van der Waals surface area contributed by atoms with Gasteiger partial charge in [0.2, 0.25) is 15.9 Å². The van der Waals surface area contributed by atoms with Crippen molar-refractivity contribution >= 4 is 21.6 Å². The lowest BCUT2D eigenvalue weighted by Crippen LogP contribution is -2.33. The maximum Gasteiger partial charge on any atom is 0.269 e. The highest BCUT2D eigenvalue weighted by Gasteiger charge is 2.38. The van der Waals surface area contributed by atoms with E-state index in [1.165, 1.54) is 17.0 Å². The Morgan fingerprint density at radius 1 is 1.38 bits per heavy atom. The summed E-state index contributed by atoms with van der Waals surface area (Å²) in [7, 11) is -3.75. The van der Waals surface area contributed by atoms with Gasteiger partial charge in [-0.05, 0) is 12.5 Å². The van der Waals surface area contributed by atoms with Crippen molar-refractivity contribution in [2.24, 2.45) is 5.14 Å². The molecule has 2 rings (SSSR count). The van der Waals surface area contributed by atoms with Crippen molar-refractivity contribution < 1.29 is 18.1 Å². The molecule has 1 aromatic carbocycles. The first kappa shape index (κ1) is 15.4. The molecule has 0 spiro atoms. The topological polar surface area (TPSA) is 124 Å². The third-order valence-corrected chi connectivity index (χ3v) is 4.89. The van der Waals surface area contributed by atoms with Gasteiger partial charge in [0.05, 0.1) is 11.0 Å². The molecule has 8 nitrogen and oxygen atoms in total. The molecule has 0 aromatic heterocycles. The molecular weight excluding hydrogens is 298 g/mol. The maximum atomic E-state index is 11.9. The van der Waals surface area contributed by atoms with Crippen LogP contribution in [-0.2, 0) is 14.8 Å². The molecule has 0 saturated carbocycles. The van der Waals surface area contributed by atoms with Crippen LogP contribution in [0.25, 0.3) is 0 Å². The van der Waals surface area contributed by atoms with E-state index in [9.17, 15) is 23.3 Å². The summed E-state index contributed by atoms with van der Waals surface area (Å²) in [5.41, 5.74) is 0.658. The van der Waals surface area contributed by atoms with Gasteiger partial charge in [-0.25, -0.2) is 13.6 Å². The number of amides is 1. The number of non-ortho nitro benzene ring substituents is 1. The fraction of sp³-hybridized carbons (Fsp3) is 0.417. The quantitative estimate of drug-likeness (QED) is 0.642. The van der Waals surface area contributed by atoms with E-state index in [0.29, 0.717) is 5.56 Å². The van der Waals surface area contributed by atoms with E-state index in [2.05, 4.69) is 0 Å². The number of sulfonamides is 1. The predicted molar refractivity (Wildman–Crippen MR) is 74.7 cm³/mol. The van der Waals surface area contributed by atoms with Crippen LogP contribution in [0.15, 0.2) is 24.3 Å². The second-order valence-corrected chi connectivity index (χ2v) is 6.83. The van der Waals surface area contributed by atoms with Crippen molar-refractivity contribution in [3.05, 3.63) is 39.9 Å². The largest absolute Gasteiger partial charge is 0.335 e. The molecule has 0 bridgehead atoms. The molecular formula is C12H15N3O5S. The van der Waals surface area contributed by atoms with Crippen LogP contribution in [0.2, 0.25) is 0 Å². The van der Waals surface area contributed by atoms with Crippen LogP contribution in [0.3, 0.4) is 0 Å². The van der Waals surface area contributed by atoms with Crippen LogP contribution in [-0.4, -0.2) is 35.9 Å². The summed E-state index contributed by atoms with van der Waals surface area (Å²) < 4.78 is 22.7. The molecule has 1 saturated heterocycles. The Hall–Kier alpha value is -2.00. The molecule has 1 fully saturated rings. The van der Waals surface area contributed by atoms with E-state index >= 15 is 0 Å². The third-order valence-electron chi connectivity index (χ3n) is 3.64. The van der Waals surface area contributed by atoms with Crippen molar-refractivity contribution in [2.45, 2.75) is 24.6 Å². The zero-order chi connectivity index (χ0) is 15.8. The number of nitrogens with two attached hydrogens (primary N) is 1. The fourth-order valence-electron chi connectivity index (χ4n) is 2.35. The summed E-state index contributed by atoms with van der Waals surface area (Å²) in [6.07, 6.45) is -0.129. The number of hydrogen-bond donors (Lipinski definition) is 1. The number of benzene rings is 1. The highest BCUT2D eigenvalue weighted by atomic mass is 32.2. The Morgan fingerprint density at radius 3 is 2.38 bits per heavy atom. The molecule has 2 atom stereocenters. The van der Waals surface area contributed by atoms with Crippen LogP contribution in [0.4, 0.5) is 5.69 Å². The number of carbonyl (C=O) groups excluding carboxylic acids is 1. The first-order valence-corrected chi connectivity index (χ1v) is 7.86. The number of primary sulfonamides is 1. The Balaban J connectivity index is 2.18. The molecule has 21 heavy (non-hydrogen) atoms. The molecule has 114 valence electrons. The Kier molecular flexibility index (Phi) is 3.97. The van der Waals surface area contributed by atoms with Gasteiger partial charge in [0.25, 0.3) is 5.69 Å². The minimum atomic E-state index is -3.75. The predicted octanol–water partition coefficient (Wildman–Crippen LogP) is 0.545. The summed E-state index contributed by atoms with van der Waals surface area (Å²) in [6, 6.07) is 5.44.